The maximum Gasteiger partial charge on any atom is 0.404 e. The van der Waals surface area contributed by atoms with E-state index in [1.165, 1.54) is 0 Å². The van der Waals surface area contributed by atoms with Crippen molar-refractivity contribution in [2.24, 2.45) is 5.73 Å². The van der Waals surface area contributed by atoms with E-state index < -0.39 is 18.0 Å². The van der Waals surface area contributed by atoms with Crippen LogP contribution in [0.1, 0.15) is 6.92 Å². The number of hydrogen-bond acceptors (Lipinski definition) is 4. The number of carbonyl (C=O) groups is 3. The van der Waals surface area contributed by atoms with Gasteiger partial charge in [-0.05, 0) is 6.92 Å². The standard InChI is InChI=1S/C4H4O4.C3H7NO2/c5-3(6)1-2-4(7)8;1-2-6-3(4)5/h1-2H,(H,5,6)(H,7,8);2H2,1H3,(H2,4,5). The monoisotopic (exact) mass is 205 g/mol. The molecule has 7 nitrogen and oxygen atoms in total. The Hall–Kier alpha value is -2.05. The Kier molecular flexibility index (Phi) is 9.35. The molecule has 1 amide bonds. The minimum Gasteiger partial charge on any atom is -0.478 e. The summed E-state index contributed by atoms with van der Waals surface area (Å²) in [7, 11) is 0. The van der Waals surface area contributed by atoms with Crippen LogP contribution in [0.2, 0.25) is 0 Å². The minimum atomic E-state index is -1.26. The van der Waals surface area contributed by atoms with Gasteiger partial charge in [0.1, 0.15) is 0 Å². The minimum absolute atomic E-state index is 0.356. The number of primary amides is 1. The van der Waals surface area contributed by atoms with Crippen molar-refractivity contribution < 1.29 is 29.3 Å². The number of aliphatic carboxylic acids is 2. The molecule has 0 unspecified atom stereocenters. The number of carboxylic acids is 2. The number of hydrogen-bond donors (Lipinski definition) is 3. The van der Waals surface area contributed by atoms with Gasteiger partial charge in [-0.3, -0.25) is 0 Å². The first-order valence-electron chi connectivity index (χ1n) is 3.46. The number of nitrogens with two attached hydrogens (primary N) is 1. The van der Waals surface area contributed by atoms with Gasteiger partial charge in [0, 0.05) is 12.2 Å². The fourth-order valence-electron chi connectivity index (χ4n) is 0.285. The van der Waals surface area contributed by atoms with E-state index in [0.29, 0.717) is 18.8 Å². The summed E-state index contributed by atoms with van der Waals surface area (Å²) in [5.74, 6) is -2.51. The second-order valence-corrected chi connectivity index (χ2v) is 1.76. The summed E-state index contributed by atoms with van der Waals surface area (Å²) in [6.07, 6.45) is 0.405. The fraction of sp³-hybridized carbons (Fsp3) is 0.286. The van der Waals surface area contributed by atoms with Crippen molar-refractivity contribution in [1.82, 2.24) is 0 Å². The first-order chi connectivity index (χ1) is 6.40. The predicted molar refractivity (Wildman–Crippen MR) is 45.6 cm³/mol. The maximum atomic E-state index is 9.60. The van der Waals surface area contributed by atoms with E-state index in [2.05, 4.69) is 10.5 Å². The van der Waals surface area contributed by atoms with Gasteiger partial charge in [-0.25, -0.2) is 14.4 Å². The number of ether oxygens (including phenoxy) is 1. The highest BCUT2D eigenvalue weighted by Gasteiger charge is 1.88. The molecule has 0 bridgehead atoms. The van der Waals surface area contributed by atoms with Crippen LogP contribution in [-0.4, -0.2) is 34.9 Å². The molecule has 4 N–H and O–H groups in total. The molecule has 0 atom stereocenters. The molecule has 0 aliphatic rings. The summed E-state index contributed by atoms with van der Waals surface area (Å²) in [5.41, 5.74) is 4.54. The van der Waals surface area contributed by atoms with Gasteiger partial charge in [0.05, 0.1) is 6.61 Å². The first-order valence-corrected chi connectivity index (χ1v) is 3.46. The highest BCUT2D eigenvalue weighted by atomic mass is 16.5. The van der Waals surface area contributed by atoms with Crippen molar-refractivity contribution in [3.8, 4) is 0 Å². The Balaban J connectivity index is 0. The van der Waals surface area contributed by atoms with Crippen LogP contribution < -0.4 is 5.73 Å². The maximum absolute atomic E-state index is 9.60. The number of amides is 1. The summed E-state index contributed by atoms with van der Waals surface area (Å²) >= 11 is 0. The summed E-state index contributed by atoms with van der Waals surface area (Å²) in [6.45, 7) is 2.06. The molecule has 0 aromatic carbocycles. The third-order valence-corrected chi connectivity index (χ3v) is 0.655. The molecule has 0 saturated heterocycles. The lowest BCUT2D eigenvalue weighted by Gasteiger charge is -1.89. The van der Waals surface area contributed by atoms with Gasteiger partial charge in [0.25, 0.3) is 0 Å². The summed E-state index contributed by atoms with van der Waals surface area (Å²) in [5, 5.41) is 15.6. The third-order valence-electron chi connectivity index (χ3n) is 0.655. The zero-order valence-electron chi connectivity index (χ0n) is 7.47. The normalized spacial score (nSPS) is 8.64. The Labute approximate surface area is 79.8 Å². The van der Waals surface area contributed by atoms with Gasteiger partial charge >= 0.3 is 18.0 Å². The molecule has 0 heterocycles. The van der Waals surface area contributed by atoms with Gasteiger partial charge in [0.15, 0.2) is 0 Å². The summed E-state index contributed by atoms with van der Waals surface area (Å²) < 4.78 is 4.18. The molecule has 0 aromatic rings. The van der Waals surface area contributed by atoms with E-state index in [1.807, 2.05) is 0 Å². The third kappa shape index (κ3) is 22.5. The number of rotatable bonds is 3. The second kappa shape index (κ2) is 9.04. The fourth-order valence-corrected chi connectivity index (χ4v) is 0.285. The highest BCUT2D eigenvalue weighted by Crippen LogP contribution is 1.70. The predicted octanol–water partition coefficient (Wildman–Crippen LogP) is -0.187. The number of carboxylic acid groups (broad SMARTS) is 2. The van der Waals surface area contributed by atoms with Crippen LogP contribution in [0.4, 0.5) is 4.79 Å². The van der Waals surface area contributed by atoms with E-state index in [9.17, 15) is 14.4 Å². The molecular formula is C7H11NO6. The SMILES string of the molecule is CCOC(N)=O.O=C(O)C=CC(=O)O. The van der Waals surface area contributed by atoms with Crippen molar-refractivity contribution in [1.29, 1.82) is 0 Å². The smallest absolute Gasteiger partial charge is 0.404 e. The molecule has 0 aromatic heterocycles. The lowest BCUT2D eigenvalue weighted by Crippen LogP contribution is -2.11. The van der Waals surface area contributed by atoms with Crippen LogP contribution in [0.15, 0.2) is 12.2 Å². The van der Waals surface area contributed by atoms with Gasteiger partial charge < -0.3 is 20.7 Å². The van der Waals surface area contributed by atoms with E-state index in [1.54, 1.807) is 6.92 Å². The van der Waals surface area contributed by atoms with Crippen LogP contribution in [-0.2, 0) is 14.3 Å². The van der Waals surface area contributed by atoms with Crippen molar-refractivity contribution >= 4 is 18.0 Å². The largest absolute Gasteiger partial charge is 0.478 e. The molecular weight excluding hydrogens is 194 g/mol. The molecule has 0 aliphatic carbocycles. The van der Waals surface area contributed by atoms with Gasteiger partial charge in [-0.1, -0.05) is 0 Å². The van der Waals surface area contributed by atoms with Crippen molar-refractivity contribution in [3.63, 3.8) is 0 Å². The molecule has 7 heteroatoms. The Morgan fingerprint density at radius 2 is 1.57 bits per heavy atom. The molecule has 0 aliphatic heterocycles. The number of carbonyl (C=O) groups excluding carboxylic acids is 1. The molecule has 0 fully saturated rings. The molecule has 0 spiro atoms. The van der Waals surface area contributed by atoms with Crippen LogP contribution in [0, 0.1) is 0 Å². The van der Waals surface area contributed by atoms with Crippen molar-refractivity contribution in [3.05, 3.63) is 12.2 Å². The Morgan fingerprint density at radius 1 is 1.21 bits per heavy atom. The van der Waals surface area contributed by atoms with E-state index in [-0.39, 0.29) is 0 Å². The Morgan fingerprint density at radius 3 is 1.64 bits per heavy atom. The average Bonchev–Trinajstić information content (AvgIpc) is 2.01. The van der Waals surface area contributed by atoms with Crippen LogP contribution in [0.5, 0.6) is 0 Å². The van der Waals surface area contributed by atoms with Gasteiger partial charge in [-0.2, -0.15) is 0 Å². The lowest BCUT2D eigenvalue weighted by molar-refractivity contribution is -0.134. The molecule has 80 valence electrons. The quantitative estimate of drug-likeness (QED) is 0.548. The summed E-state index contributed by atoms with van der Waals surface area (Å²) in [6, 6.07) is 0. The van der Waals surface area contributed by atoms with E-state index in [0.717, 1.165) is 0 Å². The molecule has 0 radical (unpaired) electrons. The second-order valence-electron chi connectivity index (χ2n) is 1.76. The van der Waals surface area contributed by atoms with Crippen molar-refractivity contribution in [2.75, 3.05) is 6.61 Å². The topological polar surface area (TPSA) is 127 Å². The molecule has 0 saturated carbocycles. The molecule has 14 heavy (non-hydrogen) atoms. The van der Waals surface area contributed by atoms with E-state index in [4.69, 9.17) is 10.2 Å². The lowest BCUT2D eigenvalue weighted by atomic mass is 10.5. The van der Waals surface area contributed by atoms with Crippen LogP contribution in [0.3, 0.4) is 0 Å². The molecule has 0 rings (SSSR count). The van der Waals surface area contributed by atoms with Crippen LogP contribution in [0.25, 0.3) is 0 Å². The van der Waals surface area contributed by atoms with Gasteiger partial charge in [-0.15, -0.1) is 0 Å². The van der Waals surface area contributed by atoms with E-state index >= 15 is 0 Å². The zero-order chi connectivity index (χ0) is 11.6. The average molecular weight is 205 g/mol. The summed E-state index contributed by atoms with van der Waals surface area (Å²) in [4.78, 5) is 28.7. The first kappa shape index (κ1) is 14.5. The van der Waals surface area contributed by atoms with Crippen molar-refractivity contribution in [2.45, 2.75) is 6.92 Å². The highest BCUT2D eigenvalue weighted by molar-refractivity contribution is 5.89. The Bertz CT molecular complexity index is 218. The van der Waals surface area contributed by atoms with Gasteiger partial charge in [0.2, 0.25) is 0 Å². The van der Waals surface area contributed by atoms with Crippen LogP contribution >= 0.6 is 0 Å². The zero-order valence-corrected chi connectivity index (χ0v) is 7.47.